The Morgan fingerprint density at radius 2 is 2.19 bits per heavy atom. The highest BCUT2D eigenvalue weighted by Gasteiger charge is 2.41. The minimum Gasteiger partial charge on any atom is -0.369 e. The van der Waals surface area contributed by atoms with Crippen LogP contribution in [0.3, 0.4) is 0 Å². The minimum atomic E-state index is -0.669. The molecule has 0 spiro atoms. The molecule has 1 saturated carbocycles. The molecule has 0 radical (unpaired) electrons. The van der Waals surface area contributed by atoms with Crippen molar-refractivity contribution in [3.05, 3.63) is 0 Å². The summed E-state index contributed by atoms with van der Waals surface area (Å²) in [6.07, 6.45) is 3.82. The summed E-state index contributed by atoms with van der Waals surface area (Å²) in [5.41, 5.74) is 4.83. The van der Waals surface area contributed by atoms with Crippen molar-refractivity contribution in [3.8, 4) is 0 Å². The van der Waals surface area contributed by atoms with Crippen LogP contribution in [0.4, 0.5) is 0 Å². The van der Waals surface area contributed by atoms with Gasteiger partial charge in [-0.1, -0.05) is 6.92 Å². The van der Waals surface area contributed by atoms with Gasteiger partial charge in [0, 0.05) is 19.7 Å². The maximum Gasteiger partial charge on any atom is 0.254 e. The molecule has 1 unspecified atom stereocenters. The van der Waals surface area contributed by atoms with E-state index in [0.717, 1.165) is 25.8 Å². The molecule has 1 atom stereocenters. The second-order valence-corrected chi connectivity index (χ2v) is 4.66. The number of rotatable bonds is 7. The summed E-state index contributed by atoms with van der Waals surface area (Å²) in [5, 5.41) is 0. The van der Waals surface area contributed by atoms with Gasteiger partial charge in [0.1, 0.15) is 5.60 Å². The molecule has 0 bridgehead atoms. The van der Waals surface area contributed by atoms with Gasteiger partial charge >= 0.3 is 0 Å². The molecule has 2 N–H and O–H groups in total. The number of carbonyl (C=O) groups excluding carboxylic acids is 1. The van der Waals surface area contributed by atoms with Crippen molar-refractivity contribution in [2.24, 2.45) is 5.73 Å². The molecule has 1 aliphatic rings. The highest BCUT2D eigenvalue weighted by Crippen LogP contribution is 2.30. The number of nitrogens with zero attached hydrogens (tertiary/aromatic N) is 1. The zero-order chi connectivity index (χ0) is 12.2. The first-order valence-electron chi connectivity index (χ1n) is 6.15. The van der Waals surface area contributed by atoms with Gasteiger partial charge < -0.3 is 15.4 Å². The van der Waals surface area contributed by atoms with Crippen molar-refractivity contribution >= 4 is 5.91 Å². The molecule has 0 saturated heterocycles. The van der Waals surface area contributed by atoms with Crippen molar-refractivity contribution in [2.45, 2.75) is 51.2 Å². The molecule has 4 heteroatoms. The SMILES string of the molecule is CCC(C)(OC)C(=O)N(CCCN)C1CC1. The lowest BCUT2D eigenvalue weighted by Crippen LogP contribution is -2.49. The molecule has 1 rings (SSSR count). The van der Waals surface area contributed by atoms with Gasteiger partial charge in [-0.3, -0.25) is 4.79 Å². The largest absolute Gasteiger partial charge is 0.369 e. The van der Waals surface area contributed by atoms with Gasteiger partial charge in [0.2, 0.25) is 0 Å². The van der Waals surface area contributed by atoms with Crippen LogP contribution in [-0.2, 0) is 9.53 Å². The van der Waals surface area contributed by atoms with E-state index in [1.807, 2.05) is 18.7 Å². The Bertz CT molecular complexity index is 235. The van der Waals surface area contributed by atoms with Crippen LogP contribution in [-0.4, -0.2) is 42.6 Å². The van der Waals surface area contributed by atoms with E-state index in [9.17, 15) is 4.79 Å². The minimum absolute atomic E-state index is 0.119. The average Bonchev–Trinajstić information content (AvgIpc) is 3.12. The maximum atomic E-state index is 12.4. The summed E-state index contributed by atoms with van der Waals surface area (Å²) in [5.74, 6) is 0.119. The summed E-state index contributed by atoms with van der Waals surface area (Å²) in [7, 11) is 1.61. The van der Waals surface area contributed by atoms with E-state index < -0.39 is 5.60 Å². The molecular formula is C12H24N2O2. The third-order valence-electron chi connectivity index (χ3n) is 3.43. The lowest BCUT2D eigenvalue weighted by atomic mass is 10.0. The van der Waals surface area contributed by atoms with E-state index >= 15 is 0 Å². The van der Waals surface area contributed by atoms with Gasteiger partial charge in [-0.15, -0.1) is 0 Å². The van der Waals surface area contributed by atoms with Crippen molar-refractivity contribution < 1.29 is 9.53 Å². The predicted molar refractivity (Wildman–Crippen MR) is 64.1 cm³/mol. The van der Waals surface area contributed by atoms with Crippen molar-refractivity contribution in [3.63, 3.8) is 0 Å². The Kier molecular flexibility index (Phi) is 4.74. The van der Waals surface area contributed by atoms with Crippen LogP contribution in [0.1, 0.15) is 39.5 Å². The Hall–Kier alpha value is -0.610. The second-order valence-electron chi connectivity index (χ2n) is 4.66. The average molecular weight is 228 g/mol. The van der Waals surface area contributed by atoms with Crippen LogP contribution in [0.2, 0.25) is 0 Å². The number of nitrogens with two attached hydrogens (primary N) is 1. The maximum absolute atomic E-state index is 12.4. The van der Waals surface area contributed by atoms with Gasteiger partial charge in [-0.05, 0) is 39.2 Å². The van der Waals surface area contributed by atoms with Gasteiger partial charge in [-0.25, -0.2) is 0 Å². The number of amides is 1. The Balaban J connectivity index is 2.65. The van der Waals surface area contributed by atoms with Gasteiger partial charge in [0.15, 0.2) is 0 Å². The van der Waals surface area contributed by atoms with Gasteiger partial charge in [0.25, 0.3) is 5.91 Å². The first kappa shape index (κ1) is 13.5. The molecule has 94 valence electrons. The lowest BCUT2D eigenvalue weighted by molar-refractivity contribution is -0.154. The fourth-order valence-electron chi connectivity index (χ4n) is 1.78. The fourth-order valence-corrected chi connectivity index (χ4v) is 1.78. The molecule has 4 nitrogen and oxygen atoms in total. The topological polar surface area (TPSA) is 55.6 Å². The predicted octanol–water partition coefficient (Wildman–Crippen LogP) is 1.14. The molecule has 1 amide bonds. The first-order valence-corrected chi connectivity index (χ1v) is 6.15. The zero-order valence-corrected chi connectivity index (χ0v) is 10.7. The van der Waals surface area contributed by atoms with Crippen LogP contribution in [0.15, 0.2) is 0 Å². The molecular weight excluding hydrogens is 204 g/mol. The number of hydrogen-bond donors (Lipinski definition) is 1. The normalized spacial score (nSPS) is 19.2. The van der Waals surface area contributed by atoms with Crippen molar-refractivity contribution in [1.29, 1.82) is 0 Å². The first-order chi connectivity index (χ1) is 7.59. The monoisotopic (exact) mass is 228 g/mol. The molecule has 0 heterocycles. The molecule has 16 heavy (non-hydrogen) atoms. The van der Waals surface area contributed by atoms with Crippen LogP contribution in [0, 0.1) is 0 Å². The number of hydrogen-bond acceptors (Lipinski definition) is 3. The number of ether oxygens (including phenoxy) is 1. The summed E-state index contributed by atoms with van der Waals surface area (Å²) in [6.45, 7) is 5.24. The van der Waals surface area contributed by atoms with Crippen molar-refractivity contribution in [1.82, 2.24) is 4.90 Å². The third-order valence-corrected chi connectivity index (χ3v) is 3.43. The Morgan fingerprint density at radius 3 is 2.56 bits per heavy atom. The fraction of sp³-hybridized carbons (Fsp3) is 0.917. The molecule has 1 aliphatic carbocycles. The highest BCUT2D eigenvalue weighted by atomic mass is 16.5. The number of methoxy groups -OCH3 is 1. The number of carbonyl (C=O) groups is 1. The van der Waals surface area contributed by atoms with Crippen LogP contribution >= 0.6 is 0 Å². The quantitative estimate of drug-likeness (QED) is 0.711. The third kappa shape index (κ3) is 2.95. The second kappa shape index (κ2) is 5.64. The molecule has 1 fully saturated rings. The van der Waals surface area contributed by atoms with E-state index in [0.29, 0.717) is 19.0 Å². The lowest BCUT2D eigenvalue weighted by Gasteiger charge is -2.33. The Morgan fingerprint density at radius 1 is 1.56 bits per heavy atom. The molecule has 0 aromatic rings. The van der Waals surface area contributed by atoms with E-state index in [2.05, 4.69) is 0 Å². The summed E-state index contributed by atoms with van der Waals surface area (Å²) < 4.78 is 5.37. The Labute approximate surface area is 98.1 Å². The van der Waals surface area contributed by atoms with E-state index in [1.54, 1.807) is 7.11 Å². The molecule has 0 aromatic heterocycles. The van der Waals surface area contributed by atoms with Crippen molar-refractivity contribution in [2.75, 3.05) is 20.2 Å². The standard InChI is InChI=1S/C12H24N2O2/c1-4-12(2,16-3)11(15)14(9-5-8-13)10-6-7-10/h10H,4-9,13H2,1-3H3. The smallest absolute Gasteiger partial charge is 0.254 e. The van der Waals surface area contributed by atoms with E-state index in [1.165, 1.54) is 0 Å². The van der Waals surface area contributed by atoms with Crippen LogP contribution in [0.25, 0.3) is 0 Å². The van der Waals surface area contributed by atoms with Crippen LogP contribution in [0.5, 0.6) is 0 Å². The highest BCUT2D eigenvalue weighted by molar-refractivity contribution is 5.85. The summed E-state index contributed by atoms with van der Waals surface area (Å²) in [4.78, 5) is 14.3. The molecule has 0 aliphatic heterocycles. The molecule has 0 aromatic carbocycles. The zero-order valence-electron chi connectivity index (χ0n) is 10.7. The van der Waals surface area contributed by atoms with Crippen LogP contribution < -0.4 is 5.73 Å². The summed E-state index contributed by atoms with van der Waals surface area (Å²) in [6, 6.07) is 0.431. The van der Waals surface area contributed by atoms with Gasteiger partial charge in [0.05, 0.1) is 0 Å². The summed E-state index contributed by atoms with van der Waals surface area (Å²) >= 11 is 0. The van der Waals surface area contributed by atoms with E-state index in [-0.39, 0.29) is 5.91 Å². The van der Waals surface area contributed by atoms with Gasteiger partial charge in [-0.2, -0.15) is 0 Å². The van der Waals surface area contributed by atoms with E-state index in [4.69, 9.17) is 10.5 Å².